The maximum atomic E-state index is 8.61. The molecule has 0 spiro atoms. The van der Waals surface area contributed by atoms with Crippen molar-refractivity contribution in [1.82, 2.24) is 14.7 Å². The number of hydrogen-bond acceptors (Lipinski definition) is 20. The maximum absolute atomic E-state index is 8.61. The van der Waals surface area contributed by atoms with Crippen LogP contribution in [0.2, 0.25) is 0 Å². The lowest BCUT2D eigenvalue weighted by molar-refractivity contribution is -0.0448. The van der Waals surface area contributed by atoms with Gasteiger partial charge in [-0.05, 0) is 86.7 Å². The van der Waals surface area contributed by atoms with Crippen LogP contribution in [0.25, 0.3) is 0 Å². The van der Waals surface area contributed by atoms with E-state index in [9.17, 15) is 0 Å². The molecule has 0 amide bonds. The van der Waals surface area contributed by atoms with E-state index in [0.717, 1.165) is 65.0 Å². The molecule has 0 fully saturated rings. The normalized spacial score (nSPS) is 12.8. The maximum Gasteiger partial charge on any atom is 0.0820 e. The molecule has 0 aromatic heterocycles. The summed E-state index contributed by atoms with van der Waals surface area (Å²) >= 11 is 0. The first-order valence-electron chi connectivity index (χ1n) is 30.6. The molecule has 0 bridgehead atoms. The third kappa shape index (κ3) is 73.3. The van der Waals surface area contributed by atoms with E-state index >= 15 is 0 Å². The van der Waals surface area contributed by atoms with Gasteiger partial charge in [0.2, 0.25) is 0 Å². The molecule has 0 aromatic rings. The largest absolute Gasteiger partial charge is 0.394 e. The molecule has 79 heavy (non-hydrogen) atoms. The molecule has 3 atom stereocenters. The number of ether oxygens (including phenoxy) is 14. The van der Waals surface area contributed by atoms with Gasteiger partial charge in [0.25, 0.3) is 0 Å². The standard InChI is InChI=1S/C36H75NO9.C12H27NO4.C11H25NO4/c1-4-7-8-9-10-11-12-13-14-15-21-46-36(16-19-37(17-5-2)18-6-3)35-45-34-33-44-32-31-43-30-29-42-28-27-41-26-25-40-24-23-39-22-20-38;1-4-17-12(5-6-13(2)3)11-16-10-9-15-8-7-14;1-12(2)5-4-11(14-3)10-16-9-8-15-7-6-13/h36,38H,4-35H2,1-3H3;12,14H,4-11H2,1-3H3;11,13H,4-10H2,1-3H3. The molecule has 0 aliphatic rings. The summed E-state index contributed by atoms with van der Waals surface area (Å²) in [6.45, 7) is 27.2. The summed E-state index contributed by atoms with van der Waals surface area (Å²) < 4.78 is 76.9. The quantitative estimate of drug-likeness (QED) is 0.0576. The lowest BCUT2D eigenvalue weighted by Gasteiger charge is -2.24. The summed E-state index contributed by atoms with van der Waals surface area (Å²) in [4.78, 5) is 6.81. The van der Waals surface area contributed by atoms with Gasteiger partial charge < -0.3 is 96.3 Å². The van der Waals surface area contributed by atoms with Crippen LogP contribution < -0.4 is 0 Å². The van der Waals surface area contributed by atoms with Crippen LogP contribution in [-0.2, 0) is 66.3 Å². The highest BCUT2D eigenvalue weighted by Crippen LogP contribution is 2.12. The van der Waals surface area contributed by atoms with Gasteiger partial charge in [0.15, 0.2) is 0 Å². The predicted molar refractivity (Wildman–Crippen MR) is 316 cm³/mol. The summed E-state index contributed by atoms with van der Waals surface area (Å²) in [6, 6.07) is 0. The fraction of sp³-hybridized carbons (Fsp3) is 1.00. The van der Waals surface area contributed by atoms with Gasteiger partial charge in [-0.1, -0.05) is 78.6 Å². The van der Waals surface area contributed by atoms with Crippen molar-refractivity contribution in [3.05, 3.63) is 0 Å². The van der Waals surface area contributed by atoms with Crippen molar-refractivity contribution in [2.24, 2.45) is 0 Å². The number of methoxy groups -OCH3 is 1. The van der Waals surface area contributed by atoms with E-state index < -0.39 is 0 Å². The van der Waals surface area contributed by atoms with Gasteiger partial charge in [-0.3, -0.25) is 0 Å². The summed E-state index contributed by atoms with van der Waals surface area (Å²) in [7, 11) is 9.87. The molecule has 0 rings (SSSR count). The van der Waals surface area contributed by atoms with Crippen molar-refractivity contribution in [1.29, 1.82) is 0 Å². The molecule has 0 aliphatic carbocycles. The number of aliphatic hydroxyl groups is 3. The van der Waals surface area contributed by atoms with Crippen molar-refractivity contribution in [3.63, 3.8) is 0 Å². The Hall–Kier alpha value is -0.800. The average Bonchev–Trinajstić information content (AvgIpc) is 3.44. The molecular formula is C59H127N3O17. The van der Waals surface area contributed by atoms with Crippen LogP contribution in [0, 0.1) is 0 Å². The van der Waals surface area contributed by atoms with Crippen molar-refractivity contribution in [3.8, 4) is 0 Å². The molecule has 0 radical (unpaired) electrons. The van der Waals surface area contributed by atoms with Gasteiger partial charge in [-0.25, -0.2) is 0 Å². The highest BCUT2D eigenvalue weighted by atomic mass is 16.6. The Morgan fingerprint density at radius 3 is 0.937 bits per heavy atom. The van der Waals surface area contributed by atoms with Crippen molar-refractivity contribution < 1.29 is 81.6 Å². The van der Waals surface area contributed by atoms with Gasteiger partial charge in [-0.2, -0.15) is 0 Å². The summed E-state index contributed by atoms with van der Waals surface area (Å²) in [6.07, 6.45) is 19.1. The number of nitrogens with zero attached hydrogens (tertiary/aromatic N) is 3. The van der Waals surface area contributed by atoms with Gasteiger partial charge in [-0.15, -0.1) is 0 Å². The van der Waals surface area contributed by atoms with E-state index in [4.69, 9.17) is 81.6 Å². The highest BCUT2D eigenvalue weighted by Gasteiger charge is 2.14. The van der Waals surface area contributed by atoms with E-state index in [1.54, 1.807) is 7.11 Å². The van der Waals surface area contributed by atoms with Crippen LogP contribution in [0.3, 0.4) is 0 Å². The summed E-state index contributed by atoms with van der Waals surface area (Å²) in [5, 5.41) is 25.6. The average molecular weight is 1150 g/mol. The molecule has 0 aromatic carbocycles. The molecule has 20 heteroatoms. The zero-order valence-corrected chi connectivity index (χ0v) is 52.4. The van der Waals surface area contributed by atoms with E-state index in [0.29, 0.717) is 152 Å². The number of rotatable bonds is 64. The predicted octanol–water partition coefficient (Wildman–Crippen LogP) is 6.26. The van der Waals surface area contributed by atoms with Gasteiger partial charge in [0.05, 0.1) is 183 Å². The molecule has 0 aliphatic heterocycles. The zero-order valence-electron chi connectivity index (χ0n) is 52.4. The summed E-state index contributed by atoms with van der Waals surface area (Å²) in [5.41, 5.74) is 0. The Labute approximate surface area is 483 Å². The fourth-order valence-electron chi connectivity index (χ4n) is 7.47. The van der Waals surface area contributed by atoms with E-state index in [-0.39, 0.29) is 38.1 Å². The van der Waals surface area contributed by atoms with Crippen LogP contribution in [0.1, 0.15) is 124 Å². The van der Waals surface area contributed by atoms with Gasteiger partial charge in [0.1, 0.15) is 0 Å². The lowest BCUT2D eigenvalue weighted by Crippen LogP contribution is -2.32. The molecule has 3 N–H and O–H groups in total. The smallest absolute Gasteiger partial charge is 0.0820 e. The van der Waals surface area contributed by atoms with Crippen LogP contribution in [0.15, 0.2) is 0 Å². The minimum atomic E-state index is 0.0336. The second-order valence-electron chi connectivity index (χ2n) is 19.7. The molecule has 0 saturated carbocycles. The summed E-state index contributed by atoms with van der Waals surface area (Å²) in [5.74, 6) is 0. The Kier molecular flexibility index (Phi) is 76.5. The first-order chi connectivity index (χ1) is 38.7. The Morgan fingerprint density at radius 2 is 0.608 bits per heavy atom. The lowest BCUT2D eigenvalue weighted by atomic mass is 10.1. The minimum absolute atomic E-state index is 0.0336. The van der Waals surface area contributed by atoms with Crippen LogP contribution in [-0.4, -0.2) is 295 Å². The third-order valence-corrected chi connectivity index (χ3v) is 11.8. The van der Waals surface area contributed by atoms with E-state index in [1.807, 2.05) is 35.1 Å². The minimum Gasteiger partial charge on any atom is -0.394 e. The highest BCUT2D eigenvalue weighted by molar-refractivity contribution is 4.65. The number of hydrogen-bond donors (Lipinski definition) is 3. The number of aliphatic hydroxyl groups excluding tert-OH is 3. The topological polar surface area (TPSA) is 200 Å². The van der Waals surface area contributed by atoms with Crippen LogP contribution in [0.4, 0.5) is 0 Å². The van der Waals surface area contributed by atoms with Gasteiger partial charge in [0, 0.05) is 40.0 Å². The SMILES string of the molecule is CCCCCCCCCCCCOC(CCN(CCC)CCC)COCCOCCOCCOCCOCCOCCOCCO.CCOC(CCN(C)C)COCCOCCO.COC(CCN(C)C)COCCOCCO. The second kappa shape index (κ2) is 73.3. The Morgan fingerprint density at radius 1 is 0.304 bits per heavy atom. The zero-order chi connectivity index (χ0) is 58.6. The second-order valence-corrected chi connectivity index (χ2v) is 19.7. The van der Waals surface area contributed by atoms with Crippen LogP contribution in [0.5, 0.6) is 0 Å². The van der Waals surface area contributed by atoms with Gasteiger partial charge >= 0.3 is 0 Å². The molecule has 3 unspecified atom stereocenters. The molecule has 480 valence electrons. The first-order valence-corrected chi connectivity index (χ1v) is 30.6. The Bertz CT molecular complexity index is 1060. The molecule has 0 saturated heterocycles. The van der Waals surface area contributed by atoms with Crippen molar-refractivity contribution >= 4 is 0 Å². The number of unbranched alkanes of at least 4 members (excludes halogenated alkanes) is 9. The Balaban J connectivity index is -0.00000141. The van der Waals surface area contributed by atoms with E-state index in [1.165, 1.54) is 70.6 Å². The van der Waals surface area contributed by atoms with Crippen LogP contribution >= 0.6 is 0 Å². The first kappa shape index (κ1) is 82.4. The molecular weight excluding hydrogens is 1020 g/mol. The van der Waals surface area contributed by atoms with Crippen molar-refractivity contribution in [2.75, 3.05) is 246 Å². The molecule has 0 heterocycles. The monoisotopic (exact) mass is 1150 g/mol. The fourth-order valence-corrected chi connectivity index (χ4v) is 7.47. The third-order valence-electron chi connectivity index (χ3n) is 11.8. The van der Waals surface area contributed by atoms with Crippen molar-refractivity contribution in [2.45, 2.75) is 142 Å². The van der Waals surface area contributed by atoms with E-state index in [2.05, 4.69) is 35.5 Å². The molecule has 20 nitrogen and oxygen atoms in total.